The summed E-state index contributed by atoms with van der Waals surface area (Å²) in [5.74, 6) is 1.52. The number of nitrogens with zero attached hydrogens (tertiary/aromatic N) is 2. The molecular formula is C16H30N4O4S. The number of aliphatic imine (C=N–C) groups is 1. The van der Waals surface area contributed by atoms with Gasteiger partial charge in [-0.25, -0.2) is 12.7 Å². The molecule has 144 valence electrons. The molecule has 0 aliphatic heterocycles. The lowest BCUT2D eigenvalue weighted by molar-refractivity contribution is 0.105. The number of sulfonamides is 1. The smallest absolute Gasteiger partial charge is 0.211 e. The van der Waals surface area contributed by atoms with Crippen LogP contribution < -0.4 is 10.6 Å². The van der Waals surface area contributed by atoms with Crippen molar-refractivity contribution in [3.63, 3.8) is 0 Å². The summed E-state index contributed by atoms with van der Waals surface area (Å²) in [7, 11) is -1.42. The van der Waals surface area contributed by atoms with Gasteiger partial charge in [-0.1, -0.05) is 6.92 Å². The van der Waals surface area contributed by atoms with Crippen LogP contribution in [0.2, 0.25) is 0 Å². The van der Waals surface area contributed by atoms with Gasteiger partial charge < -0.3 is 19.8 Å². The third-order valence-corrected chi connectivity index (χ3v) is 4.88. The van der Waals surface area contributed by atoms with Crippen LogP contribution in [0.3, 0.4) is 0 Å². The Labute approximate surface area is 150 Å². The Kier molecular flexibility index (Phi) is 10.2. The summed E-state index contributed by atoms with van der Waals surface area (Å²) in [6.07, 6.45) is 4.43. The maximum Gasteiger partial charge on any atom is 0.211 e. The fourth-order valence-electron chi connectivity index (χ4n) is 2.19. The van der Waals surface area contributed by atoms with Crippen LogP contribution in [-0.2, 0) is 21.4 Å². The molecule has 0 aliphatic carbocycles. The zero-order valence-corrected chi connectivity index (χ0v) is 16.1. The van der Waals surface area contributed by atoms with Crippen LogP contribution in [0.15, 0.2) is 27.8 Å². The normalized spacial score (nSPS) is 12.6. The molecule has 0 atom stereocenters. The second-order valence-electron chi connectivity index (χ2n) is 5.52. The second kappa shape index (κ2) is 11.9. The molecule has 0 bridgehead atoms. The summed E-state index contributed by atoms with van der Waals surface area (Å²) in [6.45, 7) is 5.33. The van der Waals surface area contributed by atoms with Gasteiger partial charge in [0, 0.05) is 39.8 Å². The minimum atomic E-state index is -3.12. The molecule has 0 fully saturated rings. The maximum absolute atomic E-state index is 11.5. The zero-order valence-electron chi connectivity index (χ0n) is 15.3. The summed E-state index contributed by atoms with van der Waals surface area (Å²) < 4.78 is 35.2. The van der Waals surface area contributed by atoms with Crippen molar-refractivity contribution in [2.75, 3.05) is 46.1 Å². The maximum atomic E-state index is 11.5. The van der Waals surface area contributed by atoms with Crippen LogP contribution in [0, 0.1) is 0 Å². The van der Waals surface area contributed by atoms with Gasteiger partial charge in [0.25, 0.3) is 0 Å². The minimum absolute atomic E-state index is 0.480. The van der Waals surface area contributed by atoms with Gasteiger partial charge >= 0.3 is 0 Å². The van der Waals surface area contributed by atoms with E-state index in [2.05, 4.69) is 15.6 Å². The first kappa shape index (κ1) is 21.5. The molecule has 0 unspecified atom stereocenters. The van der Waals surface area contributed by atoms with Crippen LogP contribution in [0.1, 0.15) is 25.5 Å². The molecule has 2 N–H and O–H groups in total. The van der Waals surface area contributed by atoms with Gasteiger partial charge in [0.15, 0.2) is 5.96 Å². The lowest BCUT2D eigenvalue weighted by Gasteiger charge is -2.18. The molecule has 1 heterocycles. The number of nitrogens with one attached hydrogen (secondary N) is 2. The highest BCUT2D eigenvalue weighted by atomic mass is 32.2. The van der Waals surface area contributed by atoms with Gasteiger partial charge in [-0.2, -0.15) is 0 Å². The minimum Gasteiger partial charge on any atom is -0.467 e. The molecule has 0 aliphatic rings. The van der Waals surface area contributed by atoms with Crippen LogP contribution >= 0.6 is 0 Å². The van der Waals surface area contributed by atoms with E-state index in [0.29, 0.717) is 45.2 Å². The number of hydrogen-bond donors (Lipinski definition) is 2. The molecule has 0 aromatic carbocycles. The van der Waals surface area contributed by atoms with E-state index < -0.39 is 10.0 Å². The Balaban J connectivity index is 2.08. The molecule has 0 amide bonds. The van der Waals surface area contributed by atoms with Gasteiger partial charge in [-0.05, 0) is 25.0 Å². The summed E-state index contributed by atoms with van der Waals surface area (Å²) in [4.78, 5) is 4.14. The average molecular weight is 375 g/mol. The summed E-state index contributed by atoms with van der Waals surface area (Å²) in [5, 5.41) is 6.37. The molecule has 0 saturated carbocycles. The number of hydrogen-bond acceptors (Lipinski definition) is 5. The lowest BCUT2D eigenvalue weighted by Crippen LogP contribution is -2.40. The first-order valence-corrected chi connectivity index (χ1v) is 10.3. The third kappa shape index (κ3) is 9.47. The average Bonchev–Trinajstić information content (AvgIpc) is 3.08. The van der Waals surface area contributed by atoms with Crippen molar-refractivity contribution >= 4 is 16.0 Å². The van der Waals surface area contributed by atoms with E-state index in [0.717, 1.165) is 18.7 Å². The lowest BCUT2D eigenvalue weighted by atomic mass is 10.4. The molecule has 0 saturated heterocycles. The van der Waals surface area contributed by atoms with E-state index in [9.17, 15) is 8.42 Å². The Hall–Kier alpha value is -1.58. The number of guanidine groups is 1. The topological polar surface area (TPSA) is 96.2 Å². The molecule has 25 heavy (non-hydrogen) atoms. The first-order chi connectivity index (χ1) is 12.0. The predicted molar refractivity (Wildman–Crippen MR) is 99.1 cm³/mol. The van der Waals surface area contributed by atoms with E-state index in [1.807, 2.05) is 19.1 Å². The first-order valence-electron chi connectivity index (χ1n) is 8.47. The summed E-state index contributed by atoms with van der Waals surface area (Å²) in [5.41, 5.74) is 0. The monoisotopic (exact) mass is 374 g/mol. The highest BCUT2D eigenvalue weighted by molar-refractivity contribution is 7.88. The Morgan fingerprint density at radius 2 is 2.04 bits per heavy atom. The molecule has 1 rings (SSSR count). The highest BCUT2D eigenvalue weighted by Gasteiger charge is 2.13. The van der Waals surface area contributed by atoms with E-state index in [-0.39, 0.29) is 0 Å². The van der Waals surface area contributed by atoms with Gasteiger partial charge in [-0.15, -0.1) is 0 Å². The van der Waals surface area contributed by atoms with E-state index >= 15 is 0 Å². The van der Waals surface area contributed by atoms with Crippen molar-refractivity contribution in [1.29, 1.82) is 0 Å². The molecule has 0 radical (unpaired) electrons. The van der Waals surface area contributed by atoms with Gasteiger partial charge in [0.05, 0.1) is 12.5 Å². The van der Waals surface area contributed by atoms with E-state index in [4.69, 9.17) is 9.15 Å². The molecule has 1 aromatic rings. The van der Waals surface area contributed by atoms with E-state index in [1.54, 1.807) is 13.3 Å². The highest BCUT2D eigenvalue weighted by Crippen LogP contribution is 2.01. The zero-order chi connectivity index (χ0) is 18.5. The van der Waals surface area contributed by atoms with Crippen molar-refractivity contribution in [2.45, 2.75) is 26.4 Å². The van der Waals surface area contributed by atoms with Gasteiger partial charge in [-0.3, -0.25) is 4.99 Å². The van der Waals surface area contributed by atoms with Crippen molar-refractivity contribution in [3.05, 3.63) is 24.2 Å². The number of furan rings is 1. The van der Waals surface area contributed by atoms with Crippen LogP contribution in [-0.4, -0.2) is 64.8 Å². The summed E-state index contributed by atoms with van der Waals surface area (Å²) >= 11 is 0. The number of rotatable bonds is 12. The van der Waals surface area contributed by atoms with E-state index in [1.165, 1.54) is 10.6 Å². The van der Waals surface area contributed by atoms with Gasteiger partial charge in [0.1, 0.15) is 12.4 Å². The Bertz CT molecular complexity index is 587. The Morgan fingerprint density at radius 1 is 1.32 bits per heavy atom. The third-order valence-electron chi connectivity index (χ3n) is 3.50. The largest absolute Gasteiger partial charge is 0.467 e. The van der Waals surface area contributed by atoms with Crippen LogP contribution in [0.5, 0.6) is 0 Å². The molecular weight excluding hydrogens is 344 g/mol. The summed E-state index contributed by atoms with van der Waals surface area (Å²) in [6, 6.07) is 3.72. The molecule has 9 heteroatoms. The van der Waals surface area contributed by atoms with Crippen LogP contribution in [0.4, 0.5) is 0 Å². The second-order valence-corrected chi connectivity index (χ2v) is 7.50. The van der Waals surface area contributed by atoms with Crippen LogP contribution in [0.25, 0.3) is 0 Å². The fourth-order valence-corrected chi connectivity index (χ4v) is 3.12. The van der Waals surface area contributed by atoms with Crippen molar-refractivity contribution in [1.82, 2.24) is 14.9 Å². The molecule has 1 aromatic heterocycles. The Morgan fingerprint density at radius 3 is 2.60 bits per heavy atom. The molecule has 0 spiro atoms. The van der Waals surface area contributed by atoms with Crippen molar-refractivity contribution in [3.8, 4) is 0 Å². The predicted octanol–water partition coefficient (Wildman–Crippen LogP) is 1.02. The van der Waals surface area contributed by atoms with Gasteiger partial charge in [0.2, 0.25) is 10.0 Å². The van der Waals surface area contributed by atoms with Crippen molar-refractivity contribution < 1.29 is 17.6 Å². The quantitative estimate of drug-likeness (QED) is 0.322. The fraction of sp³-hybridized carbons (Fsp3) is 0.688. The number of ether oxygens (including phenoxy) is 1. The molecule has 8 nitrogen and oxygen atoms in total. The van der Waals surface area contributed by atoms with Crippen molar-refractivity contribution in [2.24, 2.45) is 4.99 Å². The SMILES string of the molecule is CCN(CCCNC(=NC)NCCCOCc1ccco1)S(C)(=O)=O. The standard InChI is InChI=1S/C16H30N4O4S/c1-4-20(25(3,21)22)11-6-9-18-16(17-2)19-10-7-12-23-14-15-8-5-13-24-15/h5,8,13H,4,6-7,9-12,14H2,1-3H3,(H2,17,18,19).